The van der Waals surface area contributed by atoms with Gasteiger partial charge in [-0.15, -0.1) is 0 Å². The number of hydrogen-bond acceptors (Lipinski definition) is 4. The van der Waals surface area contributed by atoms with E-state index in [1.165, 1.54) is 6.07 Å². The van der Waals surface area contributed by atoms with E-state index in [1.807, 2.05) is 6.26 Å². The van der Waals surface area contributed by atoms with Crippen molar-refractivity contribution >= 4 is 27.6 Å². The maximum atomic E-state index is 12.2. The van der Waals surface area contributed by atoms with E-state index < -0.39 is 15.8 Å². The molecule has 0 aromatic heterocycles. The maximum Gasteiger partial charge on any atom is 0.335 e. The van der Waals surface area contributed by atoms with Gasteiger partial charge in [-0.1, -0.05) is 6.07 Å². The minimum atomic E-state index is -3.41. The lowest BCUT2D eigenvalue weighted by atomic mass is 10.1. The summed E-state index contributed by atoms with van der Waals surface area (Å²) >= 11 is 1.59. The minimum Gasteiger partial charge on any atom is -0.478 e. The third-order valence-corrected chi connectivity index (χ3v) is 5.48. The Kier molecular flexibility index (Phi) is 5.43. The third-order valence-electron chi connectivity index (χ3n) is 2.85. The van der Waals surface area contributed by atoms with Crippen LogP contribution in [0.15, 0.2) is 17.0 Å². The topological polar surface area (TPSA) is 71.4 Å². The van der Waals surface area contributed by atoms with Gasteiger partial charge in [0.1, 0.15) is 0 Å². The lowest BCUT2D eigenvalue weighted by molar-refractivity contribution is 0.0696. The van der Waals surface area contributed by atoms with Crippen molar-refractivity contribution in [1.82, 2.24) is 0 Å². The first-order valence-electron chi connectivity index (χ1n) is 5.86. The van der Waals surface area contributed by atoms with Gasteiger partial charge in [0.05, 0.1) is 16.2 Å². The summed E-state index contributed by atoms with van der Waals surface area (Å²) in [5.74, 6) is -0.273. The smallest absolute Gasteiger partial charge is 0.335 e. The molecule has 1 aromatic rings. The van der Waals surface area contributed by atoms with Crippen LogP contribution < -0.4 is 0 Å². The fraction of sp³-hybridized carbons (Fsp3) is 0.462. The van der Waals surface area contributed by atoms with Crippen LogP contribution in [0.1, 0.15) is 27.9 Å². The van der Waals surface area contributed by atoms with Crippen molar-refractivity contribution in [3.8, 4) is 0 Å². The summed E-state index contributed by atoms with van der Waals surface area (Å²) in [6.07, 6.45) is 2.49. The average molecular weight is 302 g/mol. The van der Waals surface area contributed by atoms with Crippen LogP contribution in [-0.2, 0) is 9.84 Å². The van der Waals surface area contributed by atoms with Crippen LogP contribution >= 0.6 is 11.8 Å². The molecule has 0 aliphatic rings. The zero-order valence-electron chi connectivity index (χ0n) is 11.3. The van der Waals surface area contributed by atoms with Crippen molar-refractivity contribution < 1.29 is 18.3 Å². The monoisotopic (exact) mass is 302 g/mol. The number of carboxylic acids is 1. The second-order valence-electron chi connectivity index (χ2n) is 4.40. The van der Waals surface area contributed by atoms with Crippen LogP contribution in [0.25, 0.3) is 0 Å². The zero-order valence-corrected chi connectivity index (χ0v) is 12.9. The van der Waals surface area contributed by atoms with Crippen LogP contribution in [0.2, 0.25) is 0 Å². The highest BCUT2D eigenvalue weighted by molar-refractivity contribution is 7.98. The number of aryl methyl sites for hydroxylation is 2. The van der Waals surface area contributed by atoms with E-state index >= 15 is 0 Å². The lowest BCUT2D eigenvalue weighted by Crippen LogP contribution is -2.12. The first-order chi connectivity index (χ1) is 8.79. The summed E-state index contributed by atoms with van der Waals surface area (Å²) < 4.78 is 24.4. The van der Waals surface area contributed by atoms with Crippen LogP contribution in [0.4, 0.5) is 0 Å². The van der Waals surface area contributed by atoms with Crippen LogP contribution in [0.3, 0.4) is 0 Å². The third kappa shape index (κ3) is 3.98. The molecular formula is C13H18O4S2. The van der Waals surface area contributed by atoms with Gasteiger partial charge in [0.2, 0.25) is 0 Å². The minimum absolute atomic E-state index is 0.0500. The van der Waals surface area contributed by atoms with Crippen molar-refractivity contribution in [3.05, 3.63) is 28.8 Å². The molecule has 0 saturated heterocycles. The molecule has 0 saturated carbocycles. The fourth-order valence-corrected chi connectivity index (χ4v) is 4.11. The van der Waals surface area contributed by atoms with Gasteiger partial charge in [-0.3, -0.25) is 0 Å². The van der Waals surface area contributed by atoms with Gasteiger partial charge >= 0.3 is 5.97 Å². The highest BCUT2D eigenvalue weighted by Gasteiger charge is 2.20. The molecule has 4 nitrogen and oxygen atoms in total. The Morgan fingerprint density at radius 3 is 2.42 bits per heavy atom. The Bertz CT molecular complexity index is 577. The van der Waals surface area contributed by atoms with Gasteiger partial charge in [0.15, 0.2) is 9.84 Å². The molecular weight excluding hydrogens is 284 g/mol. The maximum absolute atomic E-state index is 12.2. The molecule has 1 rings (SSSR count). The van der Waals surface area contributed by atoms with Crippen molar-refractivity contribution in [1.29, 1.82) is 0 Å². The molecule has 0 aliphatic heterocycles. The first kappa shape index (κ1) is 16.0. The average Bonchev–Trinajstić information content (AvgIpc) is 2.28. The molecule has 0 fully saturated rings. The Balaban J connectivity index is 3.19. The first-order valence-corrected chi connectivity index (χ1v) is 8.90. The predicted octanol–water partition coefficient (Wildman–Crippen LogP) is 2.53. The summed E-state index contributed by atoms with van der Waals surface area (Å²) in [6, 6.07) is 2.90. The van der Waals surface area contributed by atoms with Crippen molar-refractivity contribution in [3.63, 3.8) is 0 Å². The predicted molar refractivity (Wildman–Crippen MR) is 77.9 cm³/mol. The van der Waals surface area contributed by atoms with Gasteiger partial charge in [0, 0.05) is 0 Å². The van der Waals surface area contributed by atoms with Gasteiger partial charge in [-0.2, -0.15) is 11.8 Å². The van der Waals surface area contributed by atoms with Crippen LogP contribution in [-0.4, -0.2) is 37.3 Å². The van der Waals surface area contributed by atoms with Crippen molar-refractivity contribution in [2.24, 2.45) is 0 Å². The molecule has 1 aromatic carbocycles. The van der Waals surface area contributed by atoms with Gasteiger partial charge in [-0.05, 0) is 49.5 Å². The van der Waals surface area contributed by atoms with E-state index in [0.29, 0.717) is 17.5 Å². The van der Waals surface area contributed by atoms with E-state index in [1.54, 1.807) is 31.7 Å². The number of carboxylic acid groups (broad SMARTS) is 1. The molecule has 106 valence electrons. The Labute approximate surface area is 118 Å². The van der Waals surface area contributed by atoms with Gasteiger partial charge in [0.25, 0.3) is 0 Å². The number of benzene rings is 1. The van der Waals surface area contributed by atoms with E-state index in [-0.39, 0.29) is 16.2 Å². The zero-order chi connectivity index (χ0) is 14.6. The van der Waals surface area contributed by atoms with E-state index in [4.69, 9.17) is 5.11 Å². The largest absolute Gasteiger partial charge is 0.478 e. The summed E-state index contributed by atoms with van der Waals surface area (Å²) in [4.78, 5) is 11.2. The second-order valence-corrected chi connectivity index (χ2v) is 7.47. The summed E-state index contributed by atoms with van der Waals surface area (Å²) in [7, 11) is -3.41. The molecule has 6 heteroatoms. The molecule has 0 spiro atoms. The molecule has 0 aliphatic carbocycles. The van der Waals surface area contributed by atoms with Crippen LogP contribution in [0.5, 0.6) is 0 Å². The highest BCUT2D eigenvalue weighted by Crippen LogP contribution is 2.22. The normalized spacial score (nSPS) is 11.5. The molecule has 0 amide bonds. The lowest BCUT2D eigenvalue weighted by Gasteiger charge is -2.10. The van der Waals surface area contributed by atoms with E-state index in [2.05, 4.69) is 0 Å². The fourth-order valence-electron chi connectivity index (χ4n) is 1.90. The summed E-state index contributed by atoms with van der Waals surface area (Å²) in [5.41, 5.74) is 1.23. The molecule has 19 heavy (non-hydrogen) atoms. The molecule has 0 bridgehead atoms. The number of sulfone groups is 1. The molecule has 0 atom stereocenters. The van der Waals surface area contributed by atoms with Crippen LogP contribution in [0, 0.1) is 13.8 Å². The van der Waals surface area contributed by atoms with E-state index in [9.17, 15) is 13.2 Å². The molecule has 1 N–H and O–H groups in total. The summed E-state index contributed by atoms with van der Waals surface area (Å²) in [6.45, 7) is 3.36. The molecule has 0 unspecified atom stereocenters. The molecule has 0 radical (unpaired) electrons. The second kappa shape index (κ2) is 6.43. The quantitative estimate of drug-likeness (QED) is 0.818. The number of aromatic carboxylic acids is 1. The number of rotatable bonds is 6. The van der Waals surface area contributed by atoms with Gasteiger partial charge < -0.3 is 5.11 Å². The highest BCUT2D eigenvalue weighted by atomic mass is 32.2. The summed E-state index contributed by atoms with van der Waals surface area (Å²) in [5, 5.41) is 9.06. The van der Waals surface area contributed by atoms with Crippen molar-refractivity contribution in [2.75, 3.05) is 17.8 Å². The number of thioether (sulfide) groups is 1. The molecule has 0 heterocycles. The Morgan fingerprint density at radius 1 is 1.26 bits per heavy atom. The Morgan fingerprint density at radius 2 is 1.89 bits per heavy atom. The number of hydrogen-bond donors (Lipinski definition) is 1. The van der Waals surface area contributed by atoms with Crippen molar-refractivity contribution in [2.45, 2.75) is 25.2 Å². The Hall–Kier alpha value is -1.01. The number of carbonyl (C=O) groups is 1. The SMILES string of the molecule is CSCCCS(=O)(=O)c1cc(C(=O)O)c(C)cc1C. The van der Waals surface area contributed by atoms with E-state index in [0.717, 1.165) is 5.75 Å². The standard InChI is InChI=1S/C13H18O4S2/c1-9-7-10(2)12(8-11(9)13(14)15)19(16,17)6-4-5-18-3/h7-8H,4-6H2,1-3H3,(H,14,15). The van der Waals surface area contributed by atoms with Gasteiger partial charge in [-0.25, -0.2) is 13.2 Å².